The number of carbonyl (C=O) groups excluding carboxylic acids is 1. The summed E-state index contributed by atoms with van der Waals surface area (Å²) >= 11 is 0. The van der Waals surface area contributed by atoms with Crippen LogP contribution in [0.5, 0.6) is 0 Å². The van der Waals surface area contributed by atoms with E-state index in [1.165, 1.54) is 12.1 Å². The molecule has 0 aliphatic heterocycles. The van der Waals surface area contributed by atoms with E-state index in [0.717, 1.165) is 5.56 Å². The van der Waals surface area contributed by atoms with Crippen molar-refractivity contribution in [2.75, 3.05) is 7.05 Å². The molecule has 17 heavy (non-hydrogen) atoms. The van der Waals surface area contributed by atoms with Gasteiger partial charge in [0.05, 0.1) is 0 Å². The van der Waals surface area contributed by atoms with Gasteiger partial charge in [0, 0.05) is 13.5 Å². The Balaban J connectivity index is 3.02. The Morgan fingerprint density at radius 2 is 2.06 bits per heavy atom. The molecule has 0 fully saturated rings. The maximum Gasteiger partial charge on any atom is 0.220 e. The van der Waals surface area contributed by atoms with Gasteiger partial charge in [-0.2, -0.15) is 0 Å². The lowest BCUT2D eigenvalue weighted by Crippen LogP contribution is -2.27. The van der Waals surface area contributed by atoms with Crippen LogP contribution in [0.25, 0.3) is 0 Å². The molecule has 1 amide bonds. The fraction of sp³-hybridized carbons (Fsp3) is 0.500. The maximum atomic E-state index is 13.2. The second-order valence-corrected chi connectivity index (χ2v) is 5.35. The second-order valence-electron chi connectivity index (χ2n) is 5.35. The van der Waals surface area contributed by atoms with Crippen molar-refractivity contribution in [1.29, 1.82) is 0 Å². The summed E-state index contributed by atoms with van der Waals surface area (Å²) in [5.41, 5.74) is 0.793. The first-order chi connectivity index (χ1) is 7.84. The molecule has 1 aromatic carbocycles. The lowest BCUT2D eigenvalue weighted by Gasteiger charge is -2.30. The third kappa shape index (κ3) is 3.84. The van der Waals surface area contributed by atoms with Crippen molar-refractivity contribution in [3.05, 3.63) is 35.6 Å². The summed E-state index contributed by atoms with van der Waals surface area (Å²) in [6.45, 7) is 6.18. The molecule has 0 bridgehead atoms. The molecule has 0 saturated carbocycles. The van der Waals surface area contributed by atoms with Gasteiger partial charge >= 0.3 is 0 Å². The van der Waals surface area contributed by atoms with Crippen molar-refractivity contribution in [2.24, 2.45) is 5.41 Å². The van der Waals surface area contributed by atoms with Gasteiger partial charge in [0.15, 0.2) is 0 Å². The van der Waals surface area contributed by atoms with Crippen molar-refractivity contribution in [1.82, 2.24) is 5.32 Å². The first-order valence-corrected chi connectivity index (χ1v) is 5.80. The van der Waals surface area contributed by atoms with Gasteiger partial charge in [0.2, 0.25) is 5.91 Å². The standard InChI is InChI=1S/C14H20FNO/c1-14(2,3)12(9-13(17)16-4)10-6-5-7-11(15)8-10/h5-8,12H,9H2,1-4H3,(H,16,17). The van der Waals surface area contributed by atoms with Crippen molar-refractivity contribution in [3.63, 3.8) is 0 Å². The van der Waals surface area contributed by atoms with Crippen LogP contribution in [0.15, 0.2) is 24.3 Å². The number of carbonyl (C=O) groups is 1. The average Bonchev–Trinajstić information content (AvgIpc) is 2.23. The van der Waals surface area contributed by atoms with Gasteiger partial charge < -0.3 is 5.32 Å². The minimum Gasteiger partial charge on any atom is -0.359 e. The molecule has 0 aliphatic rings. The second kappa shape index (κ2) is 5.30. The Kier molecular flexibility index (Phi) is 4.27. The van der Waals surface area contributed by atoms with Gasteiger partial charge in [-0.1, -0.05) is 32.9 Å². The highest BCUT2D eigenvalue weighted by molar-refractivity contribution is 5.76. The van der Waals surface area contributed by atoms with Crippen LogP contribution in [0.1, 0.15) is 38.7 Å². The van der Waals surface area contributed by atoms with Gasteiger partial charge in [0.25, 0.3) is 0 Å². The molecule has 0 aromatic heterocycles. The summed E-state index contributed by atoms with van der Waals surface area (Å²) in [5.74, 6) is -0.263. The van der Waals surface area contributed by atoms with E-state index in [1.807, 2.05) is 6.07 Å². The van der Waals surface area contributed by atoms with Crippen LogP contribution in [0, 0.1) is 11.2 Å². The fourth-order valence-corrected chi connectivity index (χ4v) is 1.93. The number of hydrogen-bond acceptors (Lipinski definition) is 1. The van der Waals surface area contributed by atoms with Crippen LogP contribution in [0.3, 0.4) is 0 Å². The van der Waals surface area contributed by atoms with Crippen LogP contribution in [-0.2, 0) is 4.79 Å². The minimum absolute atomic E-state index is 0.0122. The summed E-state index contributed by atoms with van der Waals surface area (Å²) in [7, 11) is 1.62. The predicted octanol–water partition coefficient (Wildman–Crippen LogP) is 3.09. The summed E-state index contributed by atoms with van der Waals surface area (Å²) < 4.78 is 13.2. The molecule has 0 aliphatic carbocycles. The molecule has 0 saturated heterocycles. The molecular formula is C14H20FNO. The molecule has 1 unspecified atom stereocenters. The van der Waals surface area contributed by atoms with E-state index in [9.17, 15) is 9.18 Å². The molecule has 0 heterocycles. The highest BCUT2D eigenvalue weighted by Gasteiger charge is 2.28. The molecule has 3 heteroatoms. The molecule has 1 atom stereocenters. The third-order valence-corrected chi connectivity index (χ3v) is 2.96. The SMILES string of the molecule is CNC(=O)CC(c1cccc(F)c1)C(C)(C)C. The summed E-state index contributed by atoms with van der Waals surface area (Å²) in [6.07, 6.45) is 0.378. The van der Waals surface area contributed by atoms with Crippen LogP contribution in [0.4, 0.5) is 4.39 Å². The molecule has 0 spiro atoms. The normalized spacial score (nSPS) is 13.2. The van der Waals surface area contributed by atoms with Gasteiger partial charge in [-0.3, -0.25) is 4.79 Å². The highest BCUT2D eigenvalue weighted by Crippen LogP contribution is 2.37. The monoisotopic (exact) mass is 237 g/mol. The van der Waals surface area contributed by atoms with E-state index in [4.69, 9.17) is 0 Å². The van der Waals surface area contributed by atoms with Crippen molar-refractivity contribution >= 4 is 5.91 Å². The van der Waals surface area contributed by atoms with Gasteiger partial charge in [-0.15, -0.1) is 0 Å². The average molecular weight is 237 g/mol. The Morgan fingerprint density at radius 3 is 2.53 bits per heavy atom. The molecule has 1 rings (SSSR count). The number of benzene rings is 1. The minimum atomic E-state index is -0.256. The lowest BCUT2D eigenvalue weighted by molar-refractivity contribution is -0.121. The zero-order valence-corrected chi connectivity index (χ0v) is 10.9. The Bertz CT molecular complexity index is 395. The largest absolute Gasteiger partial charge is 0.359 e. The lowest BCUT2D eigenvalue weighted by atomic mass is 9.74. The fourth-order valence-electron chi connectivity index (χ4n) is 1.93. The number of amides is 1. The number of nitrogens with one attached hydrogen (secondary N) is 1. The van der Waals surface area contributed by atoms with Crippen molar-refractivity contribution < 1.29 is 9.18 Å². The summed E-state index contributed by atoms with van der Waals surface area (Å²) in [5, 5.41) is 2.62. The molecule has 1 N–H and O–H groups in total. The van der Waals surface area contributed by atoms with Crippen molar-refractivity contribution in [2.45, 2.75) is 33.1 Å². The van der Waals surface area contributed by atoms with E-state index < -0.39 is 0 Å². The van der Waals surface area contributed by atoms with Gasteiger partial charge in [-0.25, -0.2) is 4.39 Å². The zero-order valence-electron chi connectivity index (χ0n) is 10.9. The van der Waals surface area contributed by atoms with Crippen LogP contribution in [-0.4, -0.2) is 13.0 Å². The van der Waals surface area contributed by atoms with Gasteiger partial charge in [-0.05, 0) is 29.0 Å². The zero-order chi connectivity index (χ0) is 13.1. The van der Waals surface area contributed by atoms with E-state index in [2.05, 4.69) is 26.1 Å². The maximum absolute atomic E-state index is 13.2. The summed E-state index contributed by atoms with van der Waals surface area (Å²) in [4.78, 5) is 11.5. The topological polar surface area (TPSA) is 29.1 Å². The quantitative estimate of drug-likeness (QED) is 0.860. The predicted molar refractivity (Wildman–Crippen MR) is 67.3 cm³/mol. The molecule has 1 aromatic rings. The number of halogens is 1. The highest BCUT2D eigenvalue weighted by atomic mass is 19.1. The number of rotatable bonds is 3. The Labute approximate surface area is 102 Å². The van der Waals surface area contributed by atoms with Crippen LogP contribution < -0.4 is 5.32 Å². The molecular weight excluding hydrogens is 217 g/mol. The van der Waals surface area contributed by atoms with E-state index in [-0.39, 0.29) is 23.1 Å². The first-order valence-electron chi connectivity index (χ1n) is 5.80. The molecule has 94 valence electrons. The van der Waals surface area contributed by atoms with E-state index in [1.54, 1.807) is 13.1 Å². The van der Waals surface area contributed by atoms with Gasteiger partial charge in [0.1, 0.15) is 5.82 Å². The van der Waals surface area contributed by atoms with Crippen molar-refractivity contribution in [3.8, 4) is 0 Å². The van der Waals surface area contributed by atoms with E-state index >= 15 is 0 Å². The number of hydrogen-bond donors (Lipinski definition) is 1. The Hall–Kier alpha value is -1.38. The van der Waals surface area contributed by atoms with Crippen LogP contribution in [0.2, 0.25) is 0 Å². The molecule has 0 radical (unpaired) electrons. The molecule has 2 nitrogen and oxygen atoms in total. The first kappa shape index (κ1) is 13.7. The smallest absolute Gasteiger partial charge is 0.220 e. The summed E-state index contributed by atoms with van der Waals surface area (Å²) in [6, 6.07) is 6.50. The van der Waals surface area contributed by atoms with E-state index in [0.29, 0.717) is 6.42 Å². The third-order valence-electron chi connectivity index (χ3n) is 2.96. The van der Waals surface area contributed by atoms with Crippen LogP contribution >= 0.6 is 0 Å². The Morgan fingerprint density at radius 1 is 1.41 bits per heavy atom.